The van der Waals surface area contributed by atoms with E-state index >= 15 is 0 Å². The molecule has 1 aliphatic carbocycles. The molecular formula is C17H19N3O6S2. The predicted molar refractivity (Wildman–Crippen MR) is 103 cm³/mol. The number of nitrogens with zero attached hydrogens (tertiary/aromatic N) is 1. The predicted octanol–water partition coefficient (Wildman–Crippen LogP) is 2.56. The number of hydrogen-bond donors (Lipinski definition) is 2. The molecular weight excluding hydrogens is 406 g/mol. The molecule has 28 heavy (non-hydrogen) atoms. The zero-order chi connectivity index (χ0) is 20.3. The molecule has 0 unspecified atom stereocenters. The van der Waals surface area contributed by atoms with Gasteiger partial charge in [-0.3, -0.25) is 20.3 Å². The highest BCUT2D eigenvalue weighted by Gasteiger charge is 2.27. The molecule has 1 aromatic carbocycles. The maximum absolute atomic E-state index is 12.5. The van der Waals surface area contributed by atoms with Crippen molar-refractivity contribution in [3.63, 3.8) is 0 Å². The molecule has 0 saturated carbocycles. The fourth-order valence-electron chi connectivity index (χ4n) is 3.00. The molecule has 1 heterocycles. The van der Waals surface area contributed by atoms with Gasteiger partial charge in [0.05, 0.1) is 23.0 Å². The molecule has 1 aromatic heterocycles. The zero-order valence-corrected chi connectivity index (χ0v) is 16.7. The van der Waals surface area contributed by atoms with Crippen LogP contribution in [0.5, 0.6) is 5.75 Å². The van der Waals surface area contributed by atoms with Crippen LogP contribution in [0.1, 0.15) is 39.4 Å². The van der Waals surface area contributed by atoms with Crippen molar-refractivity contribution < 1.29 is 22.9 Å². The molecule has 11 heteroatoms. The molecule has 0 radical (unpaired) electrons. The molecule has 0 spiro atoms. The highest BCUT2D eigenvalue weighted by atomic mass is 32.2. The Kier molecular flexibility index (Phi) is 5.96. The van der Waals surface area contributed by atoms with Gasteiger partial charge in [0, 0.05) is 4.88 Å². The highest BCUT2D eigenvalue weighted by molar-refractivity contribution is 7.89. The number of amides is 1. The molecule has 2 aromatic rings. The Morgan fingerprint density at radius 2 is 1.96 bits per heavy atom. The second-order valence-electron chi connectivity index (χ2n) is 6.27. The first-order chi connectivity index (χ1) is 13.3. The largest absolute Gasteiger partial charge is 0.497 e. The van der Waals surface area contributed by atoms with Gasteiger partial charge in [0.15, 0.2) is 4.90 Å². The van der Waals surface area contributed by atoms with Gasteiger partial charge in [0.25, 0.3) is 21.6 Å². The van der Waals surface area contributed by atoms with E-state index < -0.39 is 31.4 Å². The molecule has 0 bridgehead atoms. The number of nitro benzene ring substituents is 1. The van der Waals surface area contributed by atoms with Gasteiger partial charge in [0.1, 0.15) is 5.75 Å². The lowest BCUT2D eigenvalue weighted by Gasteiger charge is -2.09. The van der Waals surface area contributed by atoms with Gasteiger partial charge in [-0.1, -0.05) is 6.42 Å². The van der Waals surface area contributed by atoms with Crippen molar-refractivity contribution in [3.8, 4) is 5.75 Å². The summed E-state index contributed by atoms with van der Waals surface area (Å²) in [6, 6.07) is 5.13. The van der Waals surface area contributed by atoms with Crippen LogP contribution in [0.15, 0.2) is 29.2 Å². The second-order valence-corrected chi connectivity index (χ2v) is 9.06. The lowest BCUT2D eigenvalue weighted by Crippen LogP contribution is -2.41. The maximum Gasteiger partial charge on any atom is 0.293 e. The van der Waals surface area contributed by atoms with E-state index in [9.17, 15) is 23.3 Å². The Labute approximate surface area is 165 Å². The SMILES string of the molecule is COc1ccc(S(=O)(=O)NNC(=O)c2cc3c(s2)CCCCC3)c([N+](=O)[O-])c1. The van der Waals surface area contributed by atoms with E-state index in [2.05, 4.69) is 5.43 Å². The van der Waals surface area contributed by atoms with Crippen LogP contribution in [0.4, 0.5) is 5.69 Å². The number of benzene rings is 1. The van der Waals surface area contributed by atoms with Crippen LogP contribution < -0.4 is 15.0 Å². The number of ether oxygens (including phenoxy) is 1. The lowest BCUT2D eigenvalue weighted by atomic mass is 10.1. The van der Waals surface area contributed by atoms with Crippen LogP contribution >= 0.6 is 11.3 Å². The fraction of sp³-hybridized carbons (Fsp3) is 0.353. The molecule has 9 nitrogen and oxygen atoms in total. The topological polar surface area (TPSA) is 128 Å². The molecule has 1 aliphatic rings. The van der Waals surface area contributed by atoms with Gasteiger partial charge in [0.2, 0.25) is 0 Å². The average molecular weight is 425 g/mol. The van der Waals surface area contributed by atoms with Gasteiger partial charge in [-0.25, -0.2) is 8.42 Å². The van der Waals surface area contributed by atoms with Crippen molar-refractivity contribution in [1.82, 2.24) is 10.3 Å². The van der Waals surface area contributed by atoms with Crippen LogP contribution in [0.25, 0.3) is 0 Å². The summed E-state index contributed by atoms with van der Waals surface area (Å²) >= 11 is 1.34. The minimum atomic E-state index is -4.35. The minimum absolute atomic E-state index is 0.148. The standard InChI is InChI=1S/C17H19N3O6S2/c1-26-12-7-8-16(13(10-12)20(22)23)28(24,25)19-18-17(21)15-9-11-5-3-2-4-6-14(11)27-15/h7-10,19H,2-6H2,1H3,(H,18,21). The molecule has 2 N–H and O–H groups in total. The first-order valence-corrected chi connectivity index (χ1v) is 10.9. The second kappa shape index (κ2) is 8.25. The first kappa shape index (κ1) is 20.2. The number of carbonyl (C=O) groups is 1. The summed E-state index contributed by atoms with van der Waals surface area (Å²) in [5.41, 5.74) is 2.61. The van der Waals surface area contributed by atoms with E-state index in [0.29, 0.717) is 4.88 Å². The Morgan fingerprint density at radius 1 is 1.21 bits per heavy atom. The first-order valence-electron chi connectivity index (χ1n) is 8.58. The zero-order valence-electron chi connectivity index (χ0n) is 15.1. The number of thiophene rings is 1. The maximum atomic E-state index is 12.5. The normalized spacial score (nSPS) is 14.0. The van der Waals surface area contributed by atoms with Crippen molar-refractivity contribution in [2.75, 3.05) is 7.11 Å². The summed E-state index contributed by atoms with van der Waals surface area (Å²) in [7, 11) is -3.03. The number of hydrogen-bond acceptors (Lipinski definition) is 7. The fourth-order valence-corrected chi connectivity index (χ4v) is 5.15. The Hall–Kier alpha value is -2.50. The molecule has 0 saturated heterocycles. The lowest BCUT2D eigenvalue weighted by molar-refractivity contribution is -0.387. The van der Waals surface area contributed by atoms with Crippen molar-refractivity contribution in [2.45, 2.75) is 37.0 Å². The Bertz CT molecular complexity index is 992. The number of fused-ring (bicyclic) bond motifs is 1. The summed E-state index contributed by atoms with van der Waals surface area (Å²) in [6.07, 6.45) is 5.12. The Balaban J connectivity index is 1.77. The summed E-state index contributed by atoms with van der Waals surface area (Å²) < 4.78 is 29.8. The van der Waals surface area contributed by atoms with Gasteiger partial charge < -0.3 is 4.74 Å². The third-order valence-electron chi connectivity index (χ3n) is 4.42. The van der Waals surface area contributed by atoms with E-state index in [4.69, 9.17) is 4.74 Å². The van der Waals surface area contributed by atoms with E-state index in [1.165, 1.54) is 24.5 Å². The number of carbonyl (C=O) groups excluding carboxylic acids is 1. The van der Waals surface area contributed by atoms with Gasteiger partial charge in [-0.05, 0) is 49.4 Å². The number of methoxy groups -OCH3 is 1. The number of nitrogens with one attached hydrogen (secondary N) is 2. The summed E-state index contributed by atoms with van der Waals surface area (Å²) in [4.78, 5) is 25.7. The van der Waals surface area contributed by atoms with E-state index in [-0.39, 0.29) is 5.75 Å². The third-order valence-corrected chi connectivity index (χ3v) is 6.95. The van der Waals surface area contributed by atoms with Gasteiger partial charge >= 0.3 is 0 Å². The smallest absolute Gasteiger partial charge is 0.293 e. The summed E-state index contributed by atoms with van der Waals surface area (Å²) in [5, 5.41) is 11.2. The molecule has 0 fully saturated rings. The number of sulfonamides is 1. The number of nitro groups is 1. The van der Waals surface area contributed by atoms with E-state index in [0.717, 1.165) is 54.7 Å². The van der Waals surface area contributed by atoms with E-state index in [1.807, 2.05) is 4.83 Å². The number of rotatable bonds is 6. The van der Waals surface area contributed by atoms with Crippen molar-refractivity contribution >= 4 is 33.0 Å². The molecule has 0 aliphatic heterocycles. The third kappa shape index (κ3) is 4.32. The van der Waals surface area contributed by atoms with E-state index in [1.54, 1.807) is 6.07 Å². The van der Waals surface area contributed by atoms with Crippen LogP contribution in [0.2, 0.25) is 0 Å². The average Bonchev–Trinajstić information content (AvgIpc) is 2.96. The molecule has 0 atom stereocenters. The van der Waals surface area contributed by atoms with Crippen molar-refractivity contribution in [1.29, 1.82) is 0 Å². The molecule has 150 valence electrons. The number of hydrazine groups is 1. The van der Waals surface area contributed by atoms with Crippen molar-refractivity contribution in [3.05, 3.63) is 49.7 Å². The van der Waals surface area contributed by atoms with Crippen LogP contribution in [0, 0.1) is 10.1 Å². The summed E-state index contributed by atoms with van der Waals surface area (Å²) in [6.45, 7) is 0. The minimum Gasteiger partial charge on any atom is -0.497 e. The number of aryl methyl sites for hydroxylation is 2. The van der Waals surface area contributed by atoms with Crippen LogP contribution in [0.3, 0.4) is 0 Å². The van der Waals surface area contributed by atoms with Gasteiger partial charge in [-0.15, -0.1) is 16.2 Å². The van der Waals surface area contributed by atoms with Crippen LogP contribution in [-0.4, -0.2) is 26.4 Å². The monoisotopic (exact) mass is 425 g/mol. The quantitative estimate of drug-likeness (QED) is 0.416. The highest BCUT2D eigenvalue weighted by Crippen LogP contribution is 2.30. The van der Waals surface area contributed by atoms with Gasteiger partial charge in [-0.2, -0.15) is 0 Å². The van der Waals surface area contributed by atoms with Crippen molar-refractivity contribution in [2.24, 2.45) is 0 Å². The van der Waals surface area contributed by atoms with Crippen LogP contribution in [-0.2, 0) is 22.9 Å². The summed E-state index contributed by atoms with van der Waals surface area (Å²) in [5.74, 6) is -0.451. The Morgan fingerprint density at radius 3 is 2.68 bits per heavy atom. The molecule has 3 rings (SSSR count). The molecule has 1 amide bonds.